The number of carbonyl (C=O) groups excluding carboxylic acids is 2. The average molecular weight is 240 g/mol. The molecule has 1 rings (SSSR count). The van der Waals surface area contributed by atoms with Crippen molar-refractivity contribution in [1.82, 2.24) is 5.32 Å². The first kappa shape index (κ1) is 15.2. The molecular formula is C8H11NNaO6+. The van der Waals surface area contributed by atoms with Gasteiger partial charge in [-0.3, -0.25) is 9.59 Å². The number of amides is 1. The van der Waals surface area contributed by atoms with Crippen LogP contribution in [0, 0.1) is 0 Å². The third-order valence-electron chi connectivity index (χ3n) is 1.72. The predicted molar refractivity (Wildman–Crippen MR) is 46.1 cm³/mol. The number of esters is 1. The zero-order valence-electron chi connectivity index (χ0n) is 8.89. The Labute approximate surface area is 114 Å². The van der Waals surface area contributed by atoms with E-state index >= 15 is 0 Å². The predicted octanol–water partition coefficient (Wildman–Crippen LogP) is -3.49. The van der Waals surface area contributed by atoms with Crippen LogP contribution in [0.4, 0.5) is 4.79 Å². The molecule has 1 atom stereocenters. The molecule has 0 radical (unpaired) electrons. The molecule has 1 amide bonds. The number of carboxylic acids is 1. The van der Waals surface area contributed by atoms with Crippen LogP contribution >= 0.6 is 0 Å². The van der Waals surface area contributed by atoms with E-state index in [4.69, 9.17) is 14.6 Å². The van der Waals surface area contributed by atoms with E-state index in [1.165, 1.54) is 0 Å². The zero-order valence-corrected chi connectivity index (χ0v) is 10.9. The Morgan fingerprint density at radius 1 is 1.50 bits per heavy atom. The molecule has 2 N–H and O–H groups in total. The Kier molecular flexibility index (Phi) is 7.11. The van der Waals surface area contributed by atoms with Gasteiger partial charge in [0.05, 0.1) is 19.4 Å². The smallest absolute Gasteiger partial charge is 0.481 e. The topological polar surface area (TPSA) is 102 Å². The monoisotopic (exact) mass is 240 g/mol. The summed E-state index contributed by atoms with van der Waals surface area (Å²) < 4.78 is 9.40. The van der Waals surface area contributed by atoms with Gasteiger partial charge in [-0.25, -0.2) is 4.79 Å². The summed E-state index contributed by atoms with van der Waals surface area (Å²) in [7, 11) is 0. The number of cyclic esters (lactones) is 1. The van der Waals surface area contributed by atoms with Crippen LogP contribution < -0.4 is 34.9 Å². The van der Waals surface area contributed by atoms with Crippen LogP contribution in [0.25, 0.3) is 0 Å². The molecule has 1 aliphatic heterocycles. The van der Waals surface area contributed by atoms with Gasteiger partial charge in [0, 0.05) is 0 Å². The van der Waals surface area contributed by atoms with E-state index in [1.54, 1.807) is 0 Å². The van der Waals surface area contributed by atoms with Crippen molar-refractivity contribution in [1.29, 1.82) is 0 Å². The van der Waals surface area contributed by atoms with E-state index in [0.29, 0.717) is 6.54 Å². The van der Waals surface area contributed by atoms with Crippen LogP contribution in [-0.2, 0) is 19.1 Å². The molecule has 0 bridgehead atoms. The number of carboxylic acid groups (broad SMARTS) is 1. The van der Waals surface area contributed by atoms with E-state index in [2.05, 4.69) is 5.32 Å². The average Bonchev–Trinajstić information content (AvgIpc) is 2.58. The summed E-state index contributed by atoms with van der Waals surface area (Å²) in [6.45, 7) is 0.252. The quantitative estimate of drug-likeness (QED) is 0.382. The Hall–Kier alpha value is -0.790. The van der Waals surface area contributed by atoms with Crippen LogP contribution in [0.5, 0.6) is 0 Å². The van der Waals surface area contributed by atoms with E-state index in [0.717, 1.165) is 0 Å². The van der Waals surface area contributed by atoms with E-state index < -0.39 is 24.1 Å². The molecule has 0 saturated carbocycles. The van der Waals surface area contributed by atoms with Gasteiger partial charge in [0.15, 0.2) is 6.10 Å². The van der Waals surface area contributed by atoms with Crippen molar-refractivity contribution >= 4 is 18.0 Å². The molecule has 84 valence electrons. The van der Waals surface area contributed by atoms with Crippen LogP contribution in [0.15, 0.2) is 0 Å². The molecule has 1 aliphatic rings. The SMILES string of the molecule is O=C(O)CCC(=O)OC[C@@H]1CNC(=O)O1.[Na+]. The standard InChI is InChI=1S/C8H11NO6.Na/c10-6(11)1-2-7(12)14-4-5-3-9-8(13)15-5;/h5H,1-4H2,(H,9,13)(H,10,11);/q;+1/t5-;/m0./s1. The number of ether oxygens (including phenoxy) is 2. The molecule has 1 fully saturated rings. The summed E-state index contributed by atoms with van der Waals surface area (Å²) in [5, 5.41) is 10.7. The van der Waals surface area contributed by atoms with Crippen LogP contribution in [-0.4, -0.2) is 42.4 Å². The largest absolute Gasteiger partial charge is 1.00 e. The maximum absolute atomic E-state index is 10.9. The van der Waals surface area contributed by atoms with Crippen molar-refractivity contribution in [3.63, 3.8) is 0 Å². The molecule has 8 heteroatoms. The fourth-order valence-corrected chi connectivity index (χ4v) is 0.992. The molecule has 0 aromatic rings. The Morgan fingerprint density at radius 3 is 2.69 bits per heavy atom. The maximum Gasteiger partial charge on any atom is 1.00 e. The molecule has 0 aliphatic carbocycles. The number of hydrogen-bond donors (Lipinski definition) is 2. The summed E-state index contributed by atoms with van der Waals surface area (Å²) >= 11 is 0. The van der Waals surface area contributed by atoms with Gasteiger partial charge < -0.3 is 19.9 Å². The Morgan fingerprint density at radius 2 is 2.19 bits per heavy atom. The van der Waals surface area contributed by atoms with E-state index in [1.807, 2.05) is 0 Å². The molecule has 0 spiro atoms. The molecule has 1 heterocycles. The van der Waals surface area contributed by atoms with Crippen molar-refractivity contribution in [2.75, 3.05) is 13.2 Å². The first-order valence-electron chi connectivity index (χ1n) is 4.40. The molecule has 1 saturated heterocycles. The van der Waals surface area contributed by atoms with Gasteiger partial charge in [-0.05, 0) is 0 Å². The summed E-state index contributed by atoms with van der Waals surface area (Å²) in [5.41, 5.74) is 0. The van der Waals surface area contributed by atoms with Crippen molar-refractivity contribution < 1.29 is 58.5 Å². The third kappa shape index (κ3) is 5.94. The summed E-state index contributed by atoms with van der Waals surface area (Å²) in [6.07, 6.45) is -1.46. The normalized spacial score (nSPS) is 18.0. The number of aliphatic carboxylic acids is 1. The third-order valence-corrected chi connectivity index (χ3v) is 1.72. The van der Waals surface area contributed by atoms with Gasteiger partial charge in [0.25, 0.3) is 0 Å². The first-order chi connectivity index (χ1) is 7.08. The van der Waals surface area contributed by atoms with Gasteiger partial charge in [-0.1, -0.05) is 0 Å². The van der Waals surface area contributed by atoms with Gasteiger partial charge >= 0.3 is 47.6 Å². The van der Waals surface area contributed by atoms with Crippen LogP contribution in [0.1, 0.15) is 12.8 Å². The number of rotatable bonds is 5. The fourth-order valence-electron chi connectivity index (χ4n) is 0.992. The summed E-state index contributed by atoms with van der Waals surface area (Å²) in [4.78, 5) is 31.6. The van der Waals surface area contributed by atoms with Gasteiger partial charge in [0.1, 0.15) is 6.61 Å². The molecule has 0 unspecified atom stereocenters. The van der Waals surface area contributed by atoms with E-state index in [9.17, 15) is 14.4 Å². The molecule has 16 heavy (non-hydrogen) atoms. The number of hydrogen-bond acceptors (Lipinski definition) is 5. The molecule has 7 nitrogen and oxygen atoms in total. The van der Waals surface area contributed by atoms with Crippen molar-refractivity contribution in [2.24, 2.45) is 0 Å². The Balaban J connectivity index is 0.00000225. The second kappa shape index (κ2) is 7.48. The number of carbonyl (C=O) groups is 3. The zero-order chi connectivity index (χ0) is 11.3. The van der Waals surface area contributed by atoms with Gasteiger partial charge in [-0.2, -0.15) is 0 Å². The van der Waals surface area contributed by atoms with Crippen molar-refractivity contribution in [3.8, 4) is 0 Å². The fraction of sp³-hybridized carbons (Fsp3) is 0.625. The summed E-state index contributed by atoms with van der Waals surface area (Å²) in [5.74, 6) is -1.67. The van der Waals surface area contributed by atoms with Crippen LogP contribution in [0.3, 0.4) is 0 Å². The molecule has 0 aromatic carbocycles. The number of alkyl carbamates (subject to hydrolysis) is 1. The van der Waals surface area contributed by atoms with Crippen LogP contribution in [0.2, 0.25) is 0 Å². The van der Waals surface area contributed by atoms with E-state index in [-0.39, 0.29) is 49.0 Å². The second-order valence-corrected chi connectivity index (χ2v) is 2.98. The minimum absolute atomic E-state index is 0. The second-order valence-electron chi connectivity index (χ2n) is 2.98. The minimum atomic E-state index is -1.05. The van der Waals surface area contributed by atoms with Crippen molar-refractivity contribution in [2.45, 2.75) is 18.9 Å². The molecule has 0 aromatic heterocycles. The van der Waals surface area contributed by atoms with Gasteiger partial charge in [0.2, 0.25) is 0 Å². The summed E-state index contributed by atoms with van der Waals surface area (Å²) in [6, 6.07) is 0. The molecular weight excluding hydrogens is 229 g/mol. The van der Waals surface area contributed by atoms with Gasteiger partial charge in [-0.15, -0.1) is 0 Å². The first-order valence-corrected chi connectivity index (χ1v) is 4.40. The Bertz CT molecular complexity index is 282. The maximum atomic E-state index is 10.9. The van der Waals surface area contributed by atoms with Crippen molar-refractivity contribution in [3.05, 3.63) is 0 Å². The number of nitrogens with one attached hydrogen (secondary N) is 1. The minimum Gasteiger partial charge on any atom is -0.481 e.